The molecule has 1 fully saturated rings. The van der Waals surface area contributed by atoms with Gasteiger partial charge in [0.1, 0.15) is 10.8 Å². The highest BCUT2D eigenvalue weighted by Crippen LogP contribution is 2.37. The Morgan fingerprint density at radius 1 is 1.25 bits per heavy atom. The number of rotatable bonds is 5. The number of pyridine rings is 1. The first-order valence-electron chi connectivity index (χ1n) is 10.4. The van der Waals surface area contributed by atoms with Crippen molar-refractivity contribution in [3.63, 3.8) is 0 Å². The number of hydrogen-bond donors (Lipinski definition) is 2. The number of hydrogen-bond acceptors (Lipinski definition) is 8. The van der Waals surface area contributed by atoms with Crippen molar-refractivity contribution in [3.05, 3.63) is 35.9 Å². The van der Waals surface area contributed by atoms with E-state index in [0.29, 0.717) is 40.1 Å². The number of piperidine rings is 1. The molecule has 10 nitrogen and oxygen atoms in total. The van der Waals surface area contributed by atoms with E-state index in [-0.39, 0.29) is 5.41 Å². The van der Waals surface area contributed by atoms with Crippen LogP contribution in [-0.2, 0) is 7.05 Å². The summed E-state index contributed by atoms with van der Waals surface area (Å²) in [6, 6.07) is 1.69. The summed E-state index contributed by atoms with van der Waals surface area (Å²) in [5, 5.41) is 11.7. The van der Waals surface area contributed by atoms with Crippen molar-refractivity contribution in [1.82, 2.24) is 34.9 Å². The summed E-state index contributed by atoms with van der Waals surface area (Å²) < 4.78 is 7.68. The van der Waals surface area contributed by atoms with Crippen LogP contribution in [0, 0.1) is 5.41 Å². The maximum Gasteiger partial charge on any atom is 0.266 e. The molecule has 1 aliphatic rings. The fraction of sp³-hybridized carbons (Fsp3) is 0.381. The third kappa shape index (κ3) is 3.76. The van der Waals surface area contributed by atoms with Gasteiger partial charge in [0.15, 0.2) is 16.9 Å². The molecule has 1 saturated heterocycles. The Morgan fingerprint density at radius 2 is 2.06 bits per heavy atom. The molecule has 11 heteroatoms. The molecule has 0 atom stereocenters. The fourth-order valence-corrected chi connectivity index (χ4v) is 4.09. The Bertz CT molecular complexity index is 1260. The van der Waals surface area contributed by atoms with E-state index < -0.39 is 0 Å². The van der Waals surface area contributed by atoms with E-state index in [9.17, 15) is 0 Å². The van der Waals surface area contributed by atoms with Crippen LogP contribution >= 0.6 is 11.6 Å². The van der Waals surface area contributed by atoms with Crippen LogP contribution in [0.1, 0.15) is 19.8 Å². The molecule has 5 rings (SSSR count). The molecule has 3 N–H and O–H groups in total. The van der Waals surface area contributed by atoms with Gasteiger partial charge in [-0.2, -0.15) is 5.10 Å². The number of nitrogens with zero attached hydrogens (tertiary/aromatic N) is 7. The molecular weight excluding hydrogens is 430 g/mol. The number of aryl methyl sites for hydroxylation is 1. The van der Waals surface area contributed by atoms with Crippen LogP contribution in [0.2, 0.25) is 5.02 Å². The molecule has 0 amide bonds. The normalized spacial score (nSPS) is 15.9. The van der Waals surface area contributed by atoms with Crippen LogP contribution in [0.4, 0.5) is 5.82 Å². The molecule has 5 heterocycles. The number of aromatic nitrogens is 7. The van der Waals surface area contributed by atoms with Gasteiger partial charge in [0.2, 0.25) is 0 Å². The van der Waals surface area contributed by atoms with Crippen molar-refractivity contribution in [1.29, 1.82) is 0 Å². The van der Waals surface area contributed by atoms with Crippen molar-refractivity contribution in [2.24, 2.45) is 18.2 Å². The third-order valence-corrected chi connectivity index (χ3v) is 6.42. The lowest BCUT2D eigenvalue weighted by atomic mass is 9.80. The summed E-state index contributed by atoms with van der Waals surface area (Å²) in [5.74, 6) is 1.54. The van der Waals surface area contributed by atoms with Crippen LogP contribution in [0.3, 0.4) is 0 Å². The highest BCUT2D eigenvalue weighted by Gasteiger charge is 2.29. The largest absolute Gasteiger partial charge is 0.434 e. The molecule has 0 radical (unpaired) electrons. The highest BCUT2D eigenvalue weighted by molar-refractivity contribution is 6.34. The van der Waals surface area contributed by atoms with Gasteiger partial charge in [0.05, 0.1) is 18.1 Å². The number of fused-ring (bicyclic) bond motifs is 1. The van der Waals surface area contributed by atoms with E-state index in [2.05, 4.69) is 37.1 Å². The smallest absolute Gasteiger partial charge is 0.266 e. The maximum atomic E-state index is 6.57. The first-order valence-corrected chi connectivity index (χ1v) is 10.8. The van der Waals surface area contributed by atoms with Gasteiger partial charge in [-0.3, -0.25) is 14.8 Å². The Labute approximate surface area is 189 Å². The third-order valence-electron chi connectivity index (χ3n) is 6.05. The molecule has 1 aliphatic heterocycles. The summed E-state index contributed by atoms with van der Waals surface area (Å²) >= 11 is 6.57. The van der Waals surface area contributed by atoms with Crippen molar-refractivity contribution in [2.45, 2.75) is 19.8 Å². The lowest BCUT2D eigenvalue weighted by molar-refractivity contribution is 0.258. The summed E-state index contributed by atoms with van der Waals surface area (Å²) in [6.45, 7) is 4.73. The summed E-state index contributed by atoms with van der Waals surface area (Å²) in [5.41, 5.74) is 8.60. The fourth-order valence-electron chi connectivity index (χ4n) is 3.83. The topological polar surface area (TPSA) is 124 Å². The second kappa shape index (κ2) is 8.03. The minimum atomic E-state index is 0.196. The van der Waals surface area contributed by atoms with E-state index in [1.54, 1.807) is 29.3 Å². The van der Waals surface area contributed by atoms with Gasteiger partial charge in [0.25, 0.3) is 5.88 Å². The predicted octanol–water partition coefficient (Wildman–Crippen LogP) is 3.16. The van der Waals surface area contributed by atoms with Gasteiger partial charge in [0, 0.05) is 44.2 Å². The summed E-state index contributed by atoms with van der Waals surface area (Å²) in [6.07, 6.45) is 8.98. The zero-order valence-corrected chi connectivity index (χ0v) is 18.7. The minimum Gasteiger partial charge on any atom is -0.434 e. The molecule has 0 aromatic carbocycles. The molecule has 166 valence electrons. The van der Waals surface area contributed by atoms with Crippen LogP contribution in [-0.4, -0.2) is 54.6 Å². The second-order valence-electron chi connectivity index (χ2n) is 8.43. The first kappa shape index (κ1) is 20.7. The molecule has 0 unspecified atom stereocenters. The van der Waals surface area contributed by atoms with Crippen molar-refractivity contribution >= 4 is 28.6 Å². The zero-order chi connectivity index (χ0) is 22.3. The van der Waals surface area contributed by atoms with Crippen LogP contribution in [0.25, 0.3) is 22.4 Å². The van der Waals surface area contributed by atoms with Gasteiger partial charge < -0.3 is 15.4 Å². The van der Waals surface area contributed by atoms with Gasteiger partial charge in [-0.25, -0.2) is 9.97 Å². The quantitative estimate of drug-likeness (QED) is 0.472. The first-order chi connectivity index (χ1) is 15.5. The second-order valence-corrected chi connectivity index (χ2v) is 8.81. The Kier molecular flexibility index (Phi) is 5.18. The average Bonchev–Trinajstić information content (AvgIpc) is 3.41. The summed E-state index contributed by atoms with van der Waals surface area (Å²) in [4.78, 5) is 15.9. The maximum absolute atomic E-state index is 6.57. The van der Waals surface area contributed by atoms with Crippen LogP contribution in [0.5, 0.6) is 11.6 Å². The number of ether oxygens (including phenoxy) is 1. The standard InChI is InChI=1S/C21H24ClN9O/c1-21(12-23)4-7-31(8-5-21)15-10-25-18-19(27-15)28-29-20(18)32-14-3-6-24-17(16(14)22)13-9-26-30(2)11-13/h3,6,9-11H,4-5,7-8,12,23H2,1-2H3,(H,27,28,29). The number of nitrogens with one attached hydrogen (secondary N) is 1. The van der Waals surface area contributed by atoms with E-state index in [4.69, 9.17) is 27.1 Å². The van der Waals surface area contributed by atoms with E-state index in [1.807, 2.05) is 13.2 Å². The van der Waals surface area contributed by atoms with E-state index in [1.165, 1.54) is 0 Å². The molecule has 0 aliphatic carbocycles. The molecule has 4 aromatic heterocycles. The number of nitrogens with two attached hydrogens (primary N) is 1. The molecular formula is C21H24ClN9O. The average molecular weight is 454 g/mol. The SMILES string of the molecule is Cn1cc(-c2nccc(Oc3n[nH]c4nc(N5CCC(C)(CN)CC5)cnc34)c2Cl)cn1. The highest BCUT2D eigenvalue weighted by atomic mass is 35.5. The molecule has 0 saturated carbocycles. The molecule has 0 bridgehead atoms. The van der Waals surface area contributed by atoms with E-state index in [0.717, 1.165) is 37.3 Å². The van der Waals surface area contributed by atoms with Crippen molar-refractivity contribution in [3.8, 4) is 22.9 Å². The number of halogens is 1. The van der Waals surface area contributed by atoms with E-state index >= 15 is 0 Å². The Hall–Kier alpha value is -3.24. The minimum absolute atomic E-state index is 0.196. The van der Waals surface area contributed by atoms with Crippen LogP contribution in [0.15, 0.2) is 30.9 Å². The molecule has 4 aromatic rings. The van der Waals surface area contributed by atoms with Crippen molar-refractivity contribution in [2.75, 3.05) is 24.5 Å². The molecule has 32 heavy (non-hydrogen) atoms. The van der Waals surface area contributed by atoms with Gasteiger partial charge >= 0.3 is 0 Å². The Balaban J connectivity index is 1.39. The zero-order valence-electron chi connectivity index (χ0n) is 17.9. The predicted molar refractivity (Wildman–Crippen MR) is 122 cm³/mol. The lowest BCUT2D eigenvalue weighted by Crippen LogP contribution is -2.42. The Morgan fingerprint density at radius 3 is 2.78 bits per heavy atom. The lowest BCUT2D eigenvalue weighted by Gasteiger charge is -2.39. The monoisotopic (exact) mass is 453 g/mol. The number of aromatic amines is 1. The summed E-state index contributed by atoms with van der Waals surface area (Å²) in [7, 11) is 1.83. The molecule has 0 spiro atoms. The van der Waals surface area contributed by atoms with Crippen LogP contribution < -0.4 is 15.4 Å². The number of anilines is 1. The van der Waals surface area contributed by atoms with Gasteiger partial charge in [-0.05, 0) is 24.8 Å². The van der Waals surface area contributed by atoms with Crippen molar-refractivity contribution < 1.29 is 4.74 Å². The van der Waals surface area contributed by atoms with Gasteiger partial charge in [-0.15, -0.1) is 5.10 Å². The number of H-pyrrole nitrogens is 1. The van der Waals surface area contributed by atoms with Gasteiger partial charge in [-0.1, -0.05) is 18.5 Å².